The van der Waals surface area contributed by atoms with Crippen LogP contribution in [0.2, 0.25) is 5.02 Å². The first-order valence-corrected chi connectivity index (χ1v) is 7.85. The number of benzene rings is 2. The van der Waals surface area contributed by atoms with Gasteiger partial charge in [-0.1, -0.05) is 17.7 Å². The number of hydrogen-bond donors (Lipinski definition) is 1. The fourth-order valence-electron chi connectivity index (χ4n) is 2.32. The normalized spacial score (nSPS) is 13.2. The van der Waals surface area contributed by atoms with Gasteiger partial charge in [-0.15, -0.1) is 0 Å². The summed E-state index contributed by atoms with van der Waals surface area (Å²) in [6, 6.07) is 8.79. The number of carbonyl (C=O) groups is 1. The summed E-state index contributed by atoms with van der Waals surface area (Å²) in [5, 5.41) is 11.7. The molecule has 9 heteroatoms. The number of anilines is 1. The Hall–Kier alpha value is -3.18. The highest BCUT2D eigenvalue weighted by atomic mass is 35.5. The summed E-state index contributed by atoms with van der Waals surface area (Å²) in [5.74, 6) is -0.0316. The Kier molecular flexibility index (Phi) is 4.97. The predicted octanol–water partition coefficient (Wildman–Crippen LogP) is 4.63. The maximum absolute atomic E-state index is 12.8. The predicted molar refractivity (Wildman–Crippen MR) is 91.2 cm³/mol. The molecule has 0 atom stereocenters. The number of nitriles is 1. The summed E-state index contributed by atoms with van der Waals surface area (Å²) in [6.07, 6.45) is -3.33. The van der Waals surface area contributed by atoms with Crippen molar-refractivity contribution < 1.29 is 27.4 Å². The molecule has 27 heavy (non-hydrogen) atoms. The van der Waals surface area contributed by atoms with Crippen LogP contribution in [0.15, 0.2) is 42.0 Å². The molecule has 2 aromatic carbocycles. The van der Waals surface area contributed by atoms with Crippen molar-refractivity contribution in [1.29, 1.82) is 5.26 Å². The second kappa shape index (κ2) is 7.21. The fraction of sp³-hybridized carbons (Fsp3) is 0.111. The molecule has 0 bridgehead atoms. The lowest BCUT2D eigenvalue weighted by Gasteiger charge is -2.09. The molecule has 5 nitrogen and oxygen atoms in total. The van der Waals surface area contributed by atoms with E-state index in [1.54, 1.807) is 6.07 Å². The van der Waals surface area contributed by atoms with Crippen molar-refractivity contribution in [3.8, 4) is 17.6 Å². The van der Waals surface area contributed by atoms with E-state index < -0.39 is 17.6 Å². The average molecular weight is 395 g/mol. The van der Waals surface area contributed by atoms with E-state index in [4.69, 9.17) is 21.1 Å². The molecule has 0 aliphatic carbocycles. The summed E-state index contributed by atoms with van der Waals surface area (Å²) >= 11 is 6.10. The van der Waals surface area contributed by atoms with Crippen molar-refractivity contribution in [3.05, 3.63) is 58.1 Å². The lowest BCUT2D eigenvalue weighted by atomic mass is 10.1. The quantitative estimate of drug-likeness (QED) is 0.608. The number of halogens is 4. The van der Waals surface area contributed by atoms with Crippen LogP contribution in [0.5, 0.6) is 11.5 Å². The van der Waals surface area contributed by atoms with Crippen LogP contribution in [-0.4, -0.2) is 12.7 Å². The summed E-state index contributed by atoms with van der Waals surface area (Å²) in [6.45, 7) is 0.0277. The molecule has 0 saturated heterocycles. The number of amides is 1. The van der Waals surface area contributed by atoms with Crippen LogP contribution in [0.1, 0.15) is 11.1 Å². The number of nitrogens with one attached hydrogen (secondary N) is 1. The topological polar surface area (TPSA) is 71.3 Å². The molecule has 0 aromatic heterocycles. The van der Waals surface area contributed by atoms with Gasteiger partial charge in [-0.25, -0.2) is 0 Å². The van der Waals surface area contributed by atoms with Crippen LogP contribution in [0.4, 0.5) is 18.9 Å². The van der Waals surface area contributed by atoms with Gasteiger partial charge >= 0.3 is 6.18 Å². The van der Waals surface area contributed by atoms with Crippen LogP contribution in [-0.2, 0) is 11.0 Å². The lowest BCUT2D eigenvalue weighted by molar-refractivity contribution is -0.137. The van der Waals surface area contributed by atoms with E-state index >= 15 is 0 Å². The number of carbonyl (C=O) groups excluding carboxylic acids is 1. The van der Waals surface area contributed by atoms with Crippen LogP contribution in [0.25, 0.3) is 6.08 Å². The van der Waals surface area contributed by atoms with Gasteiger partial charge < -0.3 is 14.8 Å². The Balaban J connectivity index is 1.85. The maximum Gasteiger partial charge on any atom is 0.416 e. The zero-order chi connectivity index (χ0) is 19.6. The van der Waals surface area contributed by atoms with Crippen LogP contribution in [0, 0.1) is 11.3 Å². The fourth-order valence-corrected chi connectivity index (χ4v) is 2.53. The van der Waals surface area contributed by atoms with E-state index in [1.807, 2.05) is 0 Å². The zero-order valence-electron chi connectivity index (χ0n) is 13.4. The Morgan fingerprint density at radius 1 is 1.22 bits per heavy atom. The van der Waals surface area contributed by atoms with E-state index in [0.29, 0.717) is 17.1 Å². The largest absolute Gasteiger partial charge is 0.454 e. The van der Waals surface area contributed by atoms with E-state index in [-0.39, 0.29) is 23.1 Å². The number of nitrogens with zero attached hydrogens (tertiary/aromatic N) is 1. The first-order valence-electron chi connectivity index (χ1n) is 7.47. The average Bonchev–Trinajstić information content (AvgIpc) is 3.06. The van der Waals surface area contributed by atoms with E-state index in [2.05, 4.69) is 5.32 Å². The Bertz CT molecular complexity index is 981. The summed E-state index contributed by atoms with van der Waals surface area (Å²) in [7, 11) is 0. The van der Waals surface area contributed by atoms with Crippen molar-refractivity contribution >= 4 is 29.3 Å². The molecule has 1 aliphatic heterocycles. The molecular weight excluding hydrogens is 385 g/mol. The number of alkyl halides is 3. The number of hydrogen-bond acceptors (Lipinski definition) is 4. The smallest absolute Gasteiger partial charge is 0.416 e. The minimum Gasteiger partial charge on any atom is -0.454 e. The van der Waals surface area contributed by atoms with Crippen molar-refractivity contribution in [2.75, 3.05) is 12.1 Å². The van der Waals surface area contributed by atoms with Crippen LogP contribution >= 0.6 is 11.6 Å². The third kappa shape index (κ3) is 4.15. The zero-order valence-corrected chi connectivity index (χ0v) is 14.2. The SMILES string of the molecule is N#C/C(=C\c1cc2c(cc1Cl)OCO2)C(=O)Nc1cccc(C(F)(F)F)c1. The first-order chi connectivity index (χ1) is 12.8. The van der Waals surface area contributed by atoms with Gasteiger partial charge in [-0.05, 0) is 35.9 Å². The molecule has 2 aromatic rings. The van der Waals surface area contributed by atoms with Crippen molar-refractivity contribution in [2.24, 2.45) is 0 Å². The molecule has 3 rings (SSSR count). The van der Waals surface area contributed by atoms with Gasteiger partial charge in [-0.3, -0.25) is 4.79 Å². The lowest BCUT2D eigenvalue weighted by Crippen LogP contribution is -2.14. The number of rotatable bonds is 3. The molecule has 0 spiro atoms. The molecule has 1 amide bonds. The van der Waals surface area contributed by atoms with Gasteiger partial charge in [0.15, 0.2) is 11.5 Å². The summed E-state index contributed by atoms with van der Waals surface area (Å²) in [5.41, 5.74) is -1.01. The maximum atomic E-state index is 12.8. The van der Waals surface area contributed by atoms with Crippen LogP contribution < -0.4 is 14.8 Å². The minimum atomic E-state index is -4.55. The second-order valence-corrected chi connectivity index (χ2v) is 5.84. The molecule has 1 heterocycles. The summed E-state index contributed by atoms with van der Waals surface area (Å²) < 4.78 is 48.7. The molecule has 0 saturated carbocycles. The molecule has 1 N–H and O–H groups in total. The second-order valence-electron chi connectivity index (χ2n) is 5.43. The van der Waals surface area contributed by atoms with Gasteiger partial charge in [0.05, 0.1) is 10.6 Å². The van der Waals surface area contributed by atoms with E-state index in [0.717, 1.165) is 18.2 Å². The monoisotopic (exact) mass is 394 g/mol. The van der Waals surface area contributed by atoms with Crippen LogP contribution in [0.3, 0.4) is 0 Å². The Morgan fingerprint density at radius 2 is 1.93 bits per heavy atom. The molecular formula is C18H10ClF3N2O3. The van der Waals surface area contributed by atoms with Gasteiger partial charge in [0.25, 0.3) is 5.91 Å². The van der Waals surface area contributed by atoms with Gasteiger partial charge in [-0.2, -0.15) is 18.4 Å². The molecule has 0 radical (unpaired) electrons. The van der Waals surface area contributed by atoms with E-state index in [9.17, 15) is 23.2 Å². The molecule has 0 unspecified atom stereocenters. The summed E-state index contributed by atoms with van der Waals surface area (Å²) in [4.78, 5) is 12.3. The Labute approximate surface area is 156 Å². The number of fused-ring (bicyclic) bond motifs is 1. The van der Waals surface area contributed by atoms with Crippen molar-refractivity contribution in [3.63, 3.8) is 0 Å². The highest BCUT2D eigenvalue weighted by Gasteiger charge is 2.30. The van der Waals surface area contributed by atoms with Gasteiger partial charge in [0.2, 0.25) is 6.79 Å². The molecule has 138 valence electrons. The number of ether oxygens (including phenoxy) is 2. The standard InChI is InChI=1S/C18H10ClF3N2O3/c19-14-7-16-15(26-9-27-16)5-10(14)4-11(8-23)17(25)24-13-3-1-2-12(6-13)18(20,21)22/h1-7H,9H2,(H,24,25)/b11-4+. The van der Waals surface area contributed by atoms with Gasteiger partial charge in [0.1, 0.15) is 11.6 Å². The third-order valence-electron chi connectivity index (χ3n) is 3.60. The highest BCUT2D eigenvalue weighted by Crippen LogP contribution is 2.37. The Morgan fingerprint density at radius 3 is 2.59 bits per heavy atom. The highest BCUT2D eigenvalue weighted by molar-refractivity contribution is 6.32. The molecule has 0 fully saturated rings. The molecule has 1 aliphatic rings. The third-order valence-corrected chi connectivity index (χ3v) is 3.93. The van der Waals surface area contributed by atoms with Crippen molar-refractivity contribution in [1.82, 2.24) is 0 Å². The first kappa shape index (κ1) is 18.6. The van der Waals surface area contributed by atoms with Gasteiger partial charge in [0, 0.05) is 11.8 Å². The van der Waals surface area contributed by atoms with E-state index in [1.165, 1.54) is 24.3 Å². The van der Waals surface area contributed by atoms with Crippen molar-refractivity contribution in [2.45, 2.75) is 6.18 Å². The minimum absolute atomic E-state index is 0.0277.